The summed E-state index contributed by atoms with van der Waals surface area (Å²) >= 11 is 0. The number of benzene rings is 2. The quantitative estimate of drug-likeness (QED) is 0.613. The smallest absolute Gasteiger partial charge is 0.162 e. The molecular weight excluding hydrogens is 294 g/mol. The van der Waals surface area contributed by atoms with E-state index in [1.807, 2.05) is 30.4 Å². The molecule has 0 unspecified atom stereocenters. The molecule has 0 amide bonds. The number of hydrogen-bond donors (Lipinski definition) is 0. The first-order chi connectivity index (χ1) is 11.7. The van der Waals surface area contributed by atoms with Gasteiger partial charge < -0.3 is 4.90 Å². The monoisotopic (exact) mass is 315 g/mol. The lowest BCUT2D eigenvalue weighted by molar-refractivity contribution is 0.930. The minimum absolute atomic E-state index is 0.709. The summed E-state index contributed by atoms with van der Waals surface area (Å²) in [6, 6.07) is 16.4. The summed E-state index contributed by atoms with van der Waals surface area (Å²) in [6.45, 7) is 11.2. The van der Waals surface area contributed by atoms with E-state index in [2.05, 4.69) is 55.3 Å². The van der Waals surface area contributed by atoms with Crippen LogP contribution in [0, 0.1) is 6.92 Å². The minimum Gasteiger partial charge on any atom is -0.349 e. The molecule has 0 aliphatic carbocycles. The third-order valence-corrected chi connectivity index (χ3v) is 3.89. The largest absolute Gasteiger partial charge is 0.349 e. The SMILES string of the molecule is C=CCN(CC=C)c1nc(-c2ccc(C)cc2)nc2ccccc12. The molecule has 0 N–H and O–H groups in total. The Balaban J connectivity index is 2.20. The highest BCUT2D eigenvalue weighted by Gasteiger charge is 2.13. The number of aryl methyl sites for hydroxylation is 1. The lowest BCUT2D eigenvalue weighted by Crippen LogP contribution is -2.24. The van der Waals surface area contributed by atoms with Gasteiger partial charge in [-0.15, -0.1) is 13.2 Å². The molecule has 24 heavy (non-hydrogen) atoms. The Bertz CT molecular complexity index is 856. The Morgan fingerprint density at radius 3 is 2.25 bits per heavy atom. The summed E-state index contributed by atoms with van der Waals surface area (Å²) in [5.41, 5.74) is 3.18. The normalized spacial score (nSPS) is 10.5. The van der Waals surface area contributed by atoms with E-state index >= 15 is 0 Å². The number of aromatic nitrogens is 2. The molecule has 0 radical (unpaired) electrons. The lowest BCUT2D eigenvalue weighted by Gasteiger charge is -2.22. The maximum Gasteiger partial charge on any atom is 0.162 e. The fraction of sp³-hybridized carbons (Fsp3) is 0.143. The lowest BCUT2D eigenvalue weighted by atomic mass is 10.1. The number of anilines is 1. The van der Waals surface area contributed by atoms with Gasteiger partial charge in [0.05, 0.1) is 5.52 Å². The summed E-state index contributed by atoms with van der Waals surface area (Å²) in [4.78, 5) is 11.8. The van der Waals surface area contributed by atoms with E-state index in [1.165, 1.54) is 5.56 Å². The van der Waals surface area contributed by atoms with Gasteiger partial charge in [-0.3, -0.25) is 0 Å². The first kappa shape index (κ1) is 15.9. The third-order valence-electron chi connectivity index (χ3n) is 3.89. The summed E-state index contributed by atoms with van der Waals surface area (Å²) in [5.74, 6) is 1.65. The molecule has 0 fully saturated rings. The standard InChI is InChI=1S/C21H21N3/c1-4-14-24(15-5-2)21-18-8-6-7-9-19(18)22-20(23-21)17-12-10-16(3)11-13-17/h4-13H,1-2,14-15H2,3H3. The van der Waals surface area contributed by atoms with Crippen LogP contribution in [0.2, 0.25) is 0 Å². The first-order valence-electron chi connectivity index (χ1n) is 8.03. The number of fused-ring (bicyclic) bond motifs is 1. The molecule has 0 aliphatic heterocycles. The van der Waals surface area contributed by atoms with Gasteiger partial charge in [-0.25, -0.2) is 9.97 Å². The van der Waals surface area contributed by atoms with Crippen molar-refractivity contribution in [3.63, 3.8) is 0 Å². The molecule has 120 valence electrons. The number of nitrogens with zero attached hydrogens (tertiary/aromatic N) is 3. The van der Waals surface area contributed by atoms with Gasteiger partial charge in [-0.05, 0) is 19.1 Å². The van der Waals surface area contributed by atoms with Crippen LogP contribution >= 0.6 is 0 Å². The van der Waals surface area contributed by atoms with Gasteiger partial charge in [0.15, 0.2) is 5.82 Å². The van der Waals surface area contributed by atoms with Crippen LogP contribution in [-0.4, -0.2) is 23.1 Å². The second kappa shape index (κ2) is 7.09. The summed E-state index contributed by atoms with van der Waals surface area (Å²) in [7, 11) is 0. The van der Waals surface area contributed by atoms with Crippen LogP contribution in [-0.2, 0) is 0 Å². The average Bonchev–Trinajstić information content (AvgIpc) is 2.61. The van der Waals surface area contributed by atoms with Crippen LogP contribution in [0.1, 0.15) is 5.56 Å². The van der Waals surface area contributed by atoms with E-state index in [9.17, 15) is 0 Å². The number of hydrogen-bond acceptors (Lipinski definition) is 3. The van der Waals surface area contributed by atoms with Crippen molar-refractivity contribution in [1.29, 1.82) is 0 Å². The van der Waals surface area contributed by atoms with Crippen LogP contribution in [0.25, 0.3) is 22.3 Å². The first-order valence-corrected chi connectivity index (χ1v) is 8.03. The van der Waals surface area contributed by atoms with Gasteiger partial charge >= 0.3 is 0 Å². The fourth-order valence-electron chi connectivity index (χ4n) is 2.69. The highest BCUT2D eigenvalue weighted by Crippen LogP contribution is 2.27. The average molecular weight is 315 g/mol. The van der Waals surface area contributed by atoms with Gasteiger partial charge in [-0.2, -0.15) is 0 Å². The molecule has 1 heterocycles. The van der Waals surface area contributed by atoms with E-state index in [1.54, 1.807) is 0 Å². The van der Waals surface area contributed by atoms with Crippen molar-refractivity contribution >= 4 is 16.7 Å². The molecule has 3 aromatic rings. The molecule has 3 rings (SSSR count). The molecule has 3 nitrogen and oxygen atoms in total. The molecule has 0 atom stereocenters. The fourth-order valence-corrected chi connectivity index (χ4v) is 2.69. The number of para-hydroxylation sites is 1. The predicted molar refractivity (Wildman–Crippen MR) is 102 cm³/mol. The van der Waals surface area contributed by atoms with Gasteiger partial charge in [0.1, 0.15) is 5.82 Å². The van der Waals surface area contributed by atoms with Crippen molar-refractivity contribution in [3.05, 3.63) is 79.4 Å². The Hall–Kier alpha value is -2.94. The van der Waals surface area contributed by atoms with E-state index in [0.29, 0.717) is 13.1 Å². The molecule has 2 aromatic carbocycles. The maximum absolute atomic E-state index is 4.86. The van der Waals surface area contributed by atoms with E-state index in [4.69, 9.17) is 9.97 Å². The van der Waals surface area contributed by atoms with Gasteiger partial charge in [0.25, 0.3) is 0 Å². The second-order valence-corrected chi connectivity index (χ2v) is 5.74. The zero-order chi connectivity index (χ0) is 16.9. The summed E-state index contributed by atoms with van der Waals surface area (Å²) in [5, 5.41) is 1.04. The molecule has 3 heteroatoms. The zero-order valence-electron chi connectivity index (χ0n) is 13.9. The van der Waals surface area contributed by atoms with Gasteiger partial charge in [-0.1, -0.05) is 54.1 Å². The second-order valence-electron chi connectivity index (χ2n) is 5.74. The van der Waals surface area contributed by atoms with Crippen molar-refractivity contribution in [2.75, 3.05) is 18.0 Å². The van der Waals surface area contributed by atoms with Crippen LogP contribution in [0.4, 0.5) is 5.82 Å². The van der Waals surface area contributed by atoms with Crippen LogP contribution in [0.3, 0.4) is 0 Å². The van der Waals surface area contributed by atoms with Crippen LogP contribution in [0.15, 0.2) is 73.8 Å². The molecule has 0 aliphatic rings. The van der Waals surface area contributed by atoms with Crippen LogP contribution in [0.5, 0.6) is 0 Å². The number of rotatable bonds is 6. The Morgan fingerprint density at radius 1 is 0.917 bits per heavy atom. The van der Waals surface area contributed by atoms with E-state index in [0.717, 1.165) is 28.1 Å². The van der Waals surface area contributed by atoms with Crippen molar-refractivity contribution in [2.24, 2.45) is 0 Å². The van der Waals surface area contributed by atoms with E-state index < -0.39 is 0 Å². The minimum atomic E-state index is 0.709. The highest BCUT2D eigenvalue weighted by atomic mass is 15.2. The Labute approximate surface area is 143 Å². The van der Waals surface area contributed by atoms with Crippen molar-refractivity contribution in [1.82, 2.24) is 9.97 Å². The third kappa shape index (κ3) is 3.20. The van der Waals surface area contributed by atoms with E-state index in [-0.39, 0.29) is 0 Å². The maximum atomic E-state index is 4.86. The van der Waals surface area contributed by atoms with Crippen molar-refractivity contribution < 1.29 is 0 Å². The molecule has 0 bridgehead atoms. The van der Waals surface area contributed by atoms with Crippen LogP contribution < -0.4 is 4.90 Å². The predicted octanol–water partition coefficient (Wildman–Crippen LogP) is 4.78. The molecule has 0 saturated heterocycles. The molecule has 1 aromatic heterocycles. The molecule has 0 saturated carbocycles. The highest BCUT2D eigenvalue weighted by molar-refractivity contribution is 5.91. The molecular formula is C21H21N3. The summed E-state index contributed by atoms with van der Waals surface area (Å²) in [6.07, 6.45) is 3.76. The van der Waals surface area contributed by atoms with Crippen molar-refractivity contribution in [3.8, 4) is 11.4 Å². The Morgan fingerprint density at radius 2 is 1.58 bits per heavy atom. The topological polar surface area (TPSA) is 29.0 Å². The zero-order valence-corrected chi connectivity index (χ0v) is 13.9. The van der Waals surface area contributed by atoms with Gasteiger partial charge in [0, 0.05) is 24.0 Å². The van der Waals surface area contributed by atoms with Gasteiger partial charge in [0.2, 0.25) is 0 Å². The summed E-state index contributed by atoms with van der Waals surface area (Å²) < 4.78 is 0. The van der Waals surface area contributed by atoms with Crippen molar-refractivity contribution in [2.45, 2.75) is 6.92 Å². The molecule has 0 spiro atoms. The Kier molecular flexibility index (Phi) is 4.71.